The van der Waals surface area contributed by atoms with Crippen molar-refractivity contribution in [2.24, 2.45) is 11.8 Å². The topological polar surface area (TPSA) is 150 Å². The molecule has 10 heteroatoms. The second kappa shape index (κ2) is 13.0. The molecule has 0 aliphatic carbocycles. The van der Waals surface area contributed by atoms with Gasteiger partial charge >= 0.3 is 11.9 Å². The number of ketones is 2. The van der Waals surface area contributed by atoms with Gasteiger partial charge in [0.15, 0.2) is 11.6 Å². The fourth-order valence-corrected chi connectivity index (χ4v) is 5.97. The molecule has 4 N–H and O–H groups in total. The summed E-state index contributed by atoms with van der Waals surface area (Å²) in [6, 6.07) is 0. The maximum atomic E-state index is 13.9. The highest BCUT2D eigenvalue weighted by molar-refractivity contribution is 6.05. The van der Waals surface area contributed by atoms with E-state index < -0.39 is 23.8 Å². The van der Waals surface area contributed by atoms with Gasteiger partial charge < -0.3 is 29.4 Å². The molecule has 246 valence electrons. The molecule has 0 aromatic carbocycles. The smallest absolute Gasteiger partial charge is 0.355 e. The average Bonchev–Trinajstić information content (AvgIpc) is 3.69. The summed E-state index contributed by atoms with van der Waals surface area (Å²) in [4.78, 5) is 66.0. The molecule has 0 aliphatic heterocycles. The van der Waals surface area contributed by atoms with Crippen molar-refractivity contribution >= 4 is 23.5 Å². The Labute approximate surface area is 270 Å². The van der Waals surface area contributed by atoms with Crippen LogP contribution >= 0.6 is 0 Å². The largest absolute Gasteiger partial charge is 0.461 e. The summed E-state index contributed by atoms with van der Waals surface area (Å²) in [5.74, 6) is -2.45. The van der Waals surface area contributed by atoms with E-state index in [1.807, 2.05) is 55.4 Å². The van der Waals surface area contributed by atoms with Gasteiger partial charge in [-0.1, -0.05) is 13.8 Å². The Morgan fingerprint density at radius 1 is 0.457 bits per heavy atom. The van der Waals surface area contributed by atoms with Crippen molar-refractivity contribution in [3.05, 3.63) is 67.3 Å². The molecule has 4 aromatic heterocycles. The first-order valence-electron chi connectivity index (χ1n) is 15.8. The van der Waals surface area contributed by atoms with Gasteiger partial charge in [-0.2, -0.15) is 0 Å². The molecule has 0 amide bonds. The predicted molar refractivity (Wildman–Crippen MR) is 178 cm³/mol. The number of H-pyrrole nitrogens is 4. The standard InChI is InChI=1S/C36H46N4O6/c1-13-45-35(43)31-21(9)17(5)27(39-31)25-15(3)19(7)29(37-25)33(41)23(11)24(12)34(42)30-20(8)16(4)26(38-30)28-18(6)22(10)32(40-28)36(44)46-14-2/h23-24,37-40H,13-14H2,1-12H3. The Morgan fingerprint density at radius 3 is 0.957 bits per heavy atom. The number of carbonyl (C=O) groups is 4. The summed E-state index contributed by atoms with van der Waals surface area (Å²) >= 11 is 0. The van der Waals surface area contributed by atoms with Crippen LogP contribution in [0.4, 0.5) is 0 Å². The molecule has 0 aliphatic rings. The molecular weight excluding hydrogens is 584 g/mol. The predicted octanol–water partition coefficient (Wildman–Crippen LogP) is 7.49. The number of hydrogen-bond acceptors (Lipinski definition) is 6. The number of nitrogens with one attached hydrogen (secondary N) is 4. The zero-order valence-electron chi connectivity index (χ0n) is 29.0. The average molecular weight is 631 g/mol. The molecule has 4 rings (SSSR count). The summed E-state index contributed by atoms with van der Waals surface area (Å²) in [6.07, 6.45) is 0. The van der Waals surface area contributed by atoms with Gasteiger partial charge in [0.05, 0.1) is 47.4 Å². The second-order valence-corrected chi connectivity index (χ2v) is 12.2. The van der Waals surface area contributed by atoms with Crippen LogP contribution in [-0.2, 0) is 9.47 Å². The number of hydrogen-bond donors (Lipinski definition) is 4. The molecule has 0 saturated heterocycles. The van der Waals surface area contributed by atoms with Crippen LogP contribution in [0.25, 0.3) is 22.8 Å². The molecule has 4 aromatic rings. The van der Waals surface area contributed by atoms with Gasteiger partial charge in [-0.05, 0) is 114 Å². The van der Waals surface area contributed by atoms with Crippen LogP contribution in [0.1, 0.15) is 114 Å². The van der Waals surface area contributed by atoms with E-state index in [0.29, 0.717) is 22.8 Å². The van der Waals surface area contributed by atoms with Crippen molar-refractivity contribution in [1.29, 1.82) is 0 Å². The van der Waals surface area contributed by atoms with E-state index in [9.17, 15) is 19.2 Å². The molecule has 0 fully saturated rings. The Hall–Kier alpha value is -4.60. The highest BCUT2D eigenvalue weighted by Gasteiger charge is 2.33. The van der Waals surface area contributed by atoms with Crippen LogP contribution in [0.5, 0.6) is 0 Å². The molecule has 2 atom stereocenters. The van der Waals surface area contributed by atoms with E-state index in [0.717, 1.165) is 67.3 Å². The quantitative estimate of drug-likeness (QED) is 0.0996. The van der Waals surface area contributed by atoms with Gasteiger partial charge in [0, 0.05) is 11.8 Å². The van der Waals surface area contributed by atoms with Crippen LogP contribution in [-0.4, -0.2) is 56.7 Å². The van der Waals surface area contributed by atoms with Crippen molar-refractivity contribution in [3.63, 3.8) is 0 Å². The lowest BCUT2D eigenvalue weighted by molar-refractivity contribution is 0.0510. The summed E-state index contributed by atoms with van der Waals surface area (Å²) in [6.45, 7) is 22.8. The molecule has 0 spiro atoms. The van der Waals surface area contributed by atoms with Gasteiger partial charge in [0.2, 0.25) is 0 Å². The maximum absolute atomic E-state index is 13.9. The molecule has 10 nitrogen and oxygen atoms in total. The first kappa shape index (κ1) is 34.3. The minimum atomic E-state index is -0.630. The highest BCUT2D eigenvalue weighted by atomic mass is 16.5. The molecule has 46 heavy (non-hydrogen) atoms. The summed E-state index contributed by atoms with van der Waals surface area (Å²) in [5.41, 5.74) is 11.3. The van der Waals surface area contributed by atoms with Gasteiger partial charge in [-0.15, -0.1) is 0 Å². The van der Waals surface area contributed by atoms with E-state index in [-0.39, 0.29) is 24.8 Å². The first-order chi connectivity index (χ1) is 21.6. The number of rotatable bonds is 11. The fourth-order valence-electron chi connectivity index (χ4n) is 5.97. The van der Waals surface area contributed by atoms with Crippen molar-refractivity contribution in [2.75, 3.05) is 13.2 Å². The van der Waals surface area contributed by atoms with E-state index in [2.05, 4.69) is 19.9 Å². The molecule has 0 saturated carbocycles. The monoisotopic (exact) mass is 630 g/mol. The molecule has 4 heterocycles. The van der Waals surface area contributed by atoms with Gasteiger partial charge in [-0.3, -0.25) is 9.59 Å². The Bertz CT molecular complexity index is 1730. The van der Waals surface area contributed by atoms with Crippen molar-refractivity contribution < 1.29 is 28.7 Å². The maximum Gasteiger partial charge on any atom is 0.355 e. The lowest BCUT2D eigenvalue weighted by atomic mass is 9.84. The number of aromatic amines is 4. The lowest BCUT2D eigenvalue weighted by Crippen LogP contribution is -2.27. The van der Waals surface area contributed by atoms with E-state index in [1.165, 1.54) is 0 Å². The molecular formula is C36H46N4O6. The zero-order chi connectivity index (χ0) is 34.4. The van der Waals surface area contributed by atoms with Crippen molar-refractivity contribution in [2.45, 2.75) is 83.1 Å². The molecule has 2 unspecified atom stereocenters. The Morgan fingerprint density at radius 2 is 0.696 bits per heavy atom. The highest BCUT2D eigenvalue weighted by Crippen LogP contribution is 2.36. The number of esters is 2. The SMILES string of the molecule is CCOC(=O)c1[nH]c(-c2[nH]c(C(=O)C(C)C(C)C(=O)c3[nH]c(-c4[nH]c(C(=O)OCC)c(C)c4C)c(C)c3C)c(C)c2C)c(C)c1C. The van der Waals surface area contributed by atoms with Crippen LogP contribution in [0.2, 0.25) is 0 Å². The number of ether oxygens (including phenoxy) is 2. The third-order valence-electron chi connectivity index (χ3n) is 9.78. The molecule has 0 bridgehead atoms. The van der Waals surface area contributed by atoms with Crippen LogP contribution in [0, 0.1) is 67.2 Å². The summed E-state index contributed by atoms with van der Waals surface area (Å²) in [5, 5.41) is 0. The first-order valence-corrected chi connectivity index (χ1v) is 15.8. The normalized spacial score (nSPS) is 12.7. The molecule has 0 radical (unpaired) electrons. The second-order valence-electron chi connectivity index (χ2n) is 12.2. The third kappa shape index (κ3) is 5.65. The zero-order valence-corrected chi connectivity index (χ0v) is 29.0. The van der Waals surface area contributed by atoms with Gasteiger partial charge in [-0.25, -0.2) is 9.59 Å². The summed E-state index contributed by atoms with van der Waals surface area (Å²) < 4.78 is 10.4. The Balaban J connectivity index is 1.64. The van der Waals surface area contributed by atoms with Crippen molar-refractivity contribution in [1.82, 2.24) is 19.9 Å². The minimum Gasteiger partial charge on any atom is -0.461 e. The number of carbonyl (C=O) groups excluding carboxylic acids is 4. The van der Waals surface area contributed by atoms with E-state index in [4.69, 9.17) is 9.47 Å². The van der Waals surface area contributed by atoms with E-state index in [1.54, 1.807) is 27.7 Å². The van der Waals surface area contributed by atoms with Crippen LogP contribution in [0.3, 0.4) is 0 Å². The van der Waals surface area contributed by atoms with Gasteiger partial charge in [0.25, 0.3) is 0 Å². The summed E-state index contributed by atoms with van der Waals surface area (Å²) in [7, 11) is 0. The Kier molecular flexibility index (Phi) is 9.70. The number of Topliss-reactive ketones (excluding diaryl/α,β-unsaturated/α-hetero) is 2. The van der Waals surface area contributed by atoms with Crippen LogP contribution < -0.4 is 0 Å². The number of aromatic nitrogens is 4. The lowest BCUT2D eigenvalue weighted by Gasteiger charge is -2.18. The minimum absolute atomic E-state index is 0.171. The van der Waals surface area contributed by atoms with Crippen LogP contribution in [0.15, 0.2) is 0 Å². The third-order valence-corrected chi connectivity index (χ3v) is 9.78. The van der Waals surface area contributed by atoms with Crippen molar-refractivity contribution in [3.8, 4) is 22.8 Å². The fraction of sp³-hybridized carbons (Fsp3) is 0.444. The van der Waals surface area contributed by atoms with E-state index >= 15 is 0 Å². The van der Waals surface area contributed by atoms with Gasteiger partial charge in [0.1, 0.15) is 11.4 Å².